The van der Waals surface area contributed by atoms with E-state index in [0.29, 0.717) is 11.3 Å². The molecule has 152 valence electrons. The first-order valence-corrected chi connectivity index (χ1v) is 10.8. The van der Waals surface area contributed by atoms with Gasteiger partial charge in [0.05, 0.1) is 19.3 Å². The van der Waals surface area contributed by atoms with Crippen molar-refractivity contribution in [2.75, 3.05) is 24.7 Å². The molecule has 1 aromatic carbocycles. The number of carboxylic acid groups (broad SMARTS) is 1. The number of hydrogen-bond donors (Lipinski definition) is 3. The highest BCUT2D eigenvalue weighted by Gasteiger charge is 2.53. The molecular formula is C19H19N3O5S2. The number of fused-ring (bicyclic) bond motifs is 2. The Morgan fingerprint density at radius 1 is 1.38 bits per heavy atom. The number of rotatable bonds is 6. The standard InChI is InChI=1S/C19H19N3O5S2/c1-9-7-29-18-15(17(24)22(18)16(9)19(25)26)21-14(23)6-20-12-8-28-13-4-3-10(27-2)5-11(12)13/h3-5,8,15,18,20H,6-7H2,1-2H3,(H,21,23)(H,25,26)/t15?,18-/m0/s1. The number of nitrogens with one attached hydrogen (secondary N) is 2. The van der Waals surface area contributed by atoms with Crippen LogP contribution in [0.2, 0.25) is 0 Å². The monoisotopic (exact) mass is 433 g/mol. The molecule has 0 saturated carbocycles. The fourth-order valence-electron chi connectivity index (χ4n) is 3.45. The molecule has 1 aromatic heterocycles. The molecule has 0 radical (unpaired) electrons. The van der Waals surface area contributed by atoms with E-state index in [-0.39, 0.29) is 23.5 Å². The van der Waals surface area contributed by atoms with Crippen molar-refractivity contribution in [1.29, 1.82) is 0 Å². The minimum absolute atomic E-state index is 0.00483. The molecule has 3 N–H and O–H groups in total. The number of β-lactam (4-membered cyclic amide) rings is 1. The molecule has 0 aliphatic carbocycles. The van der Waals surface area contributed by atoms with E-state index in [9.17, 15) is 19.5 Å². The molecule has 3 heterocycles. The summed E-state index contributed by atoms with van der Waals surface area (Å²) in [4.78, 5) is 37.6. The normalized spacial score (nSPS) is 20.9. The average Bonchev–Trinajstić information content (AvgIpc) is 3.12. The number of hydrogen-bond acceptors (Lipinski definition) is 7. The second-order valence-electron chi connectivity index (χ2n) is 6.75. The van der Waals surface area contributed by atoms with E-state index in [2.05, 4.69) is 10.6 Å². The number of thioether (sulfide) groups is 1. The van der Waals surface area contributed by atoms with Crippen LogP contribution >= 0.6 is 23.1 Å². The van der Waals surface area contributed by atoms with Gasteiger partial charge < -0.3 is 20.5 Å². The first-order chi connectivity index (χ1) is 13.9. The van der Waals surface area contributed by atoms with Crippen LogP contribution in [0.3, 0.4) is 0 Å². The summed E-state index contributed by atoms with van der Waals surface area (Å²) in [5.74, 6) is -0.585. The van der Waals surface area contributed by atoms with Gasteiger partial charge in [0.2, 0.25) is 5.91 Å². The van der Waals surface area contributed by atoms with Gasteiger partial charge in [0.1, 0.15) is 22.9 Å². The third-order valence-electron chi connectivity index (χ3n) is 4.90. The molecule has 4 rings (SSSR count). The van der Waals surface area contributed by atoms with E-state index in [0.717, 1.165) is 21.5 Å². The molecule has 10 heteroatoms. The van der Waals surface area contributed by atoms with Crippen LogP contribution in [-0.2, 0) is 14.4 Å². The topological polar surface area (TPSA) is 108 Å². The highest BCUT2D eigenvalue weighted by Crippen LogP contribution is 2.40. The molecule has 0 bridgehead atoms. The van der Waals surface area contributed by atoms with Crippen LogP contribution in [0.1, 0.15) is 6.92 Å². The number of carbonyl (C=O) groups is 3. The third kappa shape index (κ3) is 3.42. The number of nitrogens with zero attached hydrogens (tertiary/aromatic N) is 1. The smallest absolute Gasteiger partial charge is 0.352 e. The van der Waals surface area contributed by atoms with Crippen LogP contribution in [0.25, 0.3) is 10.1 Å². The summed E-state index contributed by atoms with van der Waals surface area (Å²) < 4.78 is 6.32. The highest BCUT2D eigenvalue weighted by molar-refractivity contribution is 8.00. The summed E-state index contributed by atoms with van der Waals surface area (Å²) in [5.41, 5.74) is 1.50. The lowest BCUT2D eigenvalue weighted by molar-refractivity contribution is -0.150. The zero-order chi connectivity index (χ0) is 20.7. The molecule has 8 nitrogen and oxygen atoms in total. The zero-order valence-electron chi connectivity index (χ0n) is 15.7. The predicted octanol–water partition coefficient (Wildman–Crippen LogP) is 2.08. The lowest BCUT2D eigenvalue weighted by Gasteiger charge is -2.49. The summed E-state index contributed by atoms with van der Waals surface area (Å²) in [6.45, 7) is 1.71. The van der Waals surface area contributed by atoms with Crippen molar-refractivity contribution in [1.82, 2.24) is 10.2 Å². The molecule has 0 spiro atoms. The Morgan fingerprint density at radius 3 is 2.90 bits per heavy atom. The Kier molecular flexibility index (Phi) is 5.13. The van der Waals surface area contributed by atoms with Crippen molar-refractivity contribution in [3.8, 4) is 5.75 Å². The fourth-order valence-corrected chi connectivity index (χ4v) is 5.64. The third-order valence-corrected chi connectivity index (χ3v) is 7.29. The fraction of sp³-hybridized carbons (Fsp3) is 0.316. The quantitative estimate of drug-likeness (QED) is 0.599. The van der Waals surface area contributed by atoms with Gasteiger partial charge in [0.15, 0.2) is 0 Å². The van der Waals surface area contributed by atoms with Gasteiger partial charge in [-0.3, -0.25) is 14.5 Å². The second kappa shape index (κ2) is 7.60. The van der Waals surface area contributed by atoms with E-state index in [1.54, 1.807) is 25.4 Å². The summed E-state index contributed by atoms with van der Waals surface area (Å²) in [6, 6.07) is 5.03. The maximum atomic E-state index is 12.4. The maximum Gasteiger partial charge on any atom is 0.352 e. The van der Waals surface area contributed by atoms with Crippen molar-refractivity contribution in [2.24, 2.45) is 0 Å². The number of anilines is 1. The maximum absolute atomic E-state index is 12.4. The summed E-state index contributed by atoms with van der Waals surface area (Å²) in [6.07, 6.45) is 0. The number of methoxy groups -OCH3 is 1. The number of amides is 2. The molecule has 1 fully saturated rings. The molecule has 1 saturated heterocycles. The molecule has 2 aliphatic heterocycles. The first kappa shape index (κ1) is 19.6. The van der Waals surface area contributed by atoms with Crippen LogP contribution in [0.15, 0.2) is 34.8 Å². The van der Waals surface area contributed by atoms with Crippen LogP contribution < -0.4 is 15.4 Å². The molecule has 2 amide bonds. The molecule has 29 heavy (non-hydrogen) atoms. The number of carbonyl (C=O) groups excluding carboxylic acids is 2. The van der Waals surface area contributed by atoms with Crippen molar-refractivity contribution in [3.05, 3.63) is 34.8 Å². The number of carboxylic acids is 1. The molecule has 2 aliphatic rings. The Labute approximate surface area is 174 Å². The van der Waals surface area contributed by atoms with Crippen molar-refractivity contribution < 1.29 is 24.2 Å². The largest absolute Gasteiger partial charge is 0.497 e. The average molecular weight is 434 g/mol. The van der Waals surface area contributed by atoms with Gasteiger partial charge in [0, 0.05) is 21.2 Å². The van der Waals surface area contributed by atoms with Crippen LogP contribution in [0.4, 0.5) is 5.69 Å². The van der Waals surface area contributed by atoms with Crippen molar-refractivity contribution in [3.63, 3.8) is 0 Å². The first-order valence-electron chi connectivity index (χ1n) is 8.87. The van der Waals surface area contributed by atoms with Gasteiger partial charge in [-0.05, 0) is 30.7 Å². The number of thiophene rings is 1. The van der Waals surface area contributed by atoms with E-state index >= 15 is 0 Å². The van der Waals surface area contributed by atoms with Gasteiger partial charge >= 0.3 is 5.97 Å². The van der Waals surface area contributed by atoms with Crippen LogP contribution in [0, 0.1) is 0 Å². The van der Waals surface area contributed by atoms with Gasteiger partial charge in [-0.25, -0.2) is 4.79 Å². The van der Waals surface area contributed by atoms with E-state index in [1.807, 2.05) is 23.6 Å². The Balaban J connectivity index is 1.39. The van der Waals surface area contributed by atoms with Gasteiger partial charge in [-0.15, -0.1) is 23.1 Å². The minimum atomic E-state index is -1.12. The van der Waals surface area contributed by atoms with E-state index < -0.39 is 17.9 Å². The highest BCUT2D eigenvalue weighted by atomic mass is 32.2. The summed E-state index contributed by atoms with van der Waals surface area (Å²) >= 11 is 3.01. The second-order valence-corrected chi connectivity index (χ2v) is 8.77. The Morgan fingerprint density at radius 2 is 2.17 bits per heavy atom. The minimum Gasteiger partial charge on any atom is -0.497 e. The zero-order valence-corrected chi connectivity index (χ0v) is 17.4. The lowest BCUT2D eigenvalue weighted by Crippen LogP contribution is -2.70. The molecule has 2 atom stereocenters. The number of benzene rings is 1. The van der Waals surface area contributed by atoms with E-state index in [4.69, 9.17) is 4.74 Å². The van der Waals surface area contributed by atoms with Gasteiger partial charge in [-0.2, -0.15) is 0 Å². The predicted molar refractivity (Wildman–Crippen MR) is 112 cm³/mol. The molecule has 1 unspecified atom stereocenters. The number of ether oxygens (including phenoxy) is 1. The van der Waals surface area contributed by atoms with Crippen molar-refractivity contribution >= 4 is 56.7 Å². The molecule has 2 aromatic rings. The van der Waals surface area contributed by atoms with Gasteiger partial charge in [-0.1, -0.05) is 0 Å². The van der Waals surface area contributed by atoms with Crippen molar-refractivity contribution in [2.45, 2.75) is 18.3 Å². The Hall–Kier alpha value is -2.72. The summed E-state index contributed by atoms with van der Waals surface area (Å²) in [7, 11) is 1.60. The van der Waals surface area contributed by atoms with Crippen LogP contribution in [0.5, 0.6) is 5.75 Å². The Bertz CT molecular complexity index is 1050. The lowest BCUT2D eigenvalue weighted by atomic mass is 10.0. The van der Waals surface area contributed by atoms with Gasteiger partial charge in [0.25, 0.3) is 5.91 Å². The van der Waals surface area contributed by atoms with E-state index in [1.165, 1.54) is 16.7 Å². The SMILES string of the molecule is COc1ccc2scc(NCC(=O)NC3C(=O)N4C(C(=O)O)=C(C)CS[C@@H]34)c2c1. The molecular weight excluding hydrogens is 414 g/mol. The number of aliphatic carboxylic acids is 1. The van der Waals surface area contributed by atoms with Crippen LogP contribution in [-0.4, -0.2) is 58.6 Å². The summed E-state index contributed by atoms with van der Waals surface area (Å²) in [5, 5.41) is 17.7.